The van der Waals surface area contributed by atoms with Gasteiger partial charge in [0.05, 0.1) is 0 Å². The Bertz CT molecular complexity index is 377. The van der Waals surface area contributed by atoms with Crippen molar-refractivity contribution >= 4 is 5.78 Å². The molecule has 1 unspecified atom stereocenters. The van der Waals surface area contributed by atoms with E-state index in [1.165, 1.54) is 7.11 Å². The minimum atomic E-state index is -1.02. The number of benzene rings is 1. The number of methoxy groups -OCH3 is 1. The number of ketones is 1. The van der Waals surface area contributed by atoms with Gasteiger partial charge in [0.15, 0.2) is 5.78 Å². The second-order valence-electron chi connectivity index (χ2n) is 3.50. The Morgan fingerprint density at radius 3 is 2.69 bits per heavy atom. The van der Waals surface area contributed by atoms with E-state index in [2.05, 4.69) is 0 Å². The van der Waals surface area contributed by atoms with Gasteiger partial charge in [-0.05, 0) is 24.6 Å². The molecule has 0 N–H and O–H groups in total. The molecule has 0 radical (unpaired) electrons. The van der Waals surface area contributed by atoms with Gasteiger partial charge in [-0.15, -0.1) is 0 Å². The molecular formula is C12H14F2O2. The van der Waals surface area contributed by atoms with Crippen LogP contribution in [-0.4, -0.2) is 12.9 Å². The van der Waals surface area contributed by atoms with Crippen LogP contribution in [0.25, 0.3) is 0 Å². The van der Waals surface area contributed by atoms with Crippen LogP contribution >= 0.6 is 0 Å². The molecule has 1 atom stereocenters. The van der Waals surface area contributed by atoms with E-state index in [4.69, 9.17) is 4.74 Å². The van der Waals surface area contributed by atoms with Crippen molar-refractivity contribution < 1.29 is 18.3 Å². The summed E-state index contributed by atoms with van der Waals surface area (Å²) in [5, 5.41) is 0. The lowest BCUT2D eigenvalue weighted by atomic mass is 10.0. The smallest absolute Gasteiger partial charge is 0.166 e. The monoisotopic (exact) mass is 228 g/mol. The minimum absolute atomic E-state index is 0.0408. The standard InChI is InChI=1S/C12H14F2O2/c1-3-4-11(15)12(16-2)9-7-8(13)5-6-10(9)14/h5-7,12H,3-4H2,1-2H3. The third-order valence-electron chi connectivity index (χ3n) is 2.27. The summed E-state index contributed by atoms with van der Waals surface area (Å²) >= 11 is 0. The molecule has 0 fully saturated rings. The van der Waals surface area contributed by atoms with Crippen LogP contribution in [0.15, 0.2) is 18.2 Å². The first-order valence-corrected chi connectivity index (χ1v) is 5.10. The van der Waals surface area contributed by atoms with Gasteiger partial charge in [-0.25, -0.2) is 8.78 Å². The number of rotatable bonds is 5. The molecule has 0 saturated carbocycles. The lowest BCUT2D eigenvalue weighted by molar-refractivity contribution is -0.129. The Labute approximate surface area is 93.2 Å². The molecule has 0 aliphatic carbocycles. The molecule has 0 bridgehead atoms. The van der Waals surface area contributed by atoms with Gasteiger partial charge in [0, 0.05) is 19.1 Å². The van der Waals surface area contributed by atoms with E-state index in [9.17, 15) is 13.6 Å². The summed E-state index contributed by atoms with van der Waals surface area (Å²) in [5.41, 5.74) is -0.0408. The van der Waals surface area contributed by atoms with E-state index >= 15 is 0 Å². The van der Waals surface area contributed by atoms with Gasteiger partial charge in [0.2, 0.25) is 0 Å². The van der Waals surface area contributed by atoms with Gasteiger partial charge >= 0.3 is 0 Å². The summed E-state index contributed by atoms with van der Waals surface area (Å²) < 4.78 is 31.3. The SMILES string of the molecule is CCCC(=O)C(OC)c1cc(F)ccc1F. The fourth-order valence-corrected chi connectivity index (χ4v) is 1.52. The van der Waals surface area contributed by atoms with E-state index in [0.717, 1.165) is 18.2 Å². The zero-order valence-corrected chi connectivity index (χ0v) is 9.30. The fourth-order valence-electron chi connectivity index (χ4n) is 1.52. The van der Waals surface area contributed by atoms with Gasteiger partial charge in [-0.3, -0.25) is 4.79 Å². The maximum Gasteiger partial charge on any atom is 0.166 e. The number of carbonyl (C=O) groups is 1. The zero-order chi connectivity index (χ0) is 12.1. The molecule has 0 aliphatic rings. The van der Waals surface area contributed by atoms with Crippen molar-refractivity contribution in [1.82, 2.24) is 0 Å². The van der Waals surface area contributed by atoms with Gasteiger partial charge < -0.3 is 4.74 Å². The summed E-state index contributed by atoms with van der Waals surface area (Å²) in [7, 11) is 1.31. The highest BCUT2D eigenvalue weighted by atomic mass is 19.1. The summed E-state index contributed by atoms with van der Waals surface area (Å²) in [6.45, 7) is 1.84. The first kappa shape index (κ1) is 12.8. The molecule has 0 saturated heterocycles. The molecule has 4 heteroatoms. The Morgan fingerprint density at radius 1 is 1.44 bits per heavy atom. The Balaban J connectivity index is 3.03. The number of hydrogen-bond donors (Lipinski definition) is 0. The number of carbonyl (C=O) groups excluding carboxylic acids is 1. The van der Waals surface area contributed by atoms with Crippen molar-refractivity contribution in [3.05, 3.63) is 35.4 Å². The summed E-state index contributed by atoms with van der Waals surface area (Å²) in [6.07, 6.45) is -0.0833. The quantitative estimate of drug-likeness (QED) is 0.774. The third kappa shape index (κ3) is 2.85. The average Bonchev–Trinajstić information content (AvgIpc) is 2.24. The van der Waals surface area contributed by atoms with E-state index < -0.39 is 17.7 Å². The predicted octanol–water partition coefficient (Wildman–Crippen LogP) is 3.02. The van der Waals surface area contributed by atoms with Crippen molar-refractivity contribution in [3.63, 3.8) is 0 Å². The van der Waals surface area contributed by atoms with Crippen molar-refractivity contribution in [3.8, 4) is 0 Å². The van der Waals surface area contributed by atoms with Crippen molar-refractivity contribution in [2.75, 3.05) is 7.11 Å². The van der Waals surface area contributed by atoms with Crippen LogP contribution in [-0.2, 0) is 9.53 Å². The van der Waals surface area contributed by atoms with Crippen molar-refractivity contribution in [1.29, 1.82) is 0 Å². The highest BCUT2D eigenvalue weighted by Gasteiger charge is 2.22. The van der Waals surface area contributed by atoms with Crippen molar-refractivity contribution in [2.45, 2.75) is 25.9 Å². The summed E-state index contributed by atoms with van der Waals surface area (Å²) in [4.78, 5) is 11.6. The van der Waals surface area contributed by atoms with Gasteiger partial charge in [-0.1, -0.05) is 6.92 Å². The lowest BCUT2D eigenvalue weighted by Gasteiger charge is -2.14. The molecule has 88 valence electrons. The molecule has 1 aromatic carbocycles. The molecule has 0 heterocycles. The van der Waals surface area contributed by atoms with E-state index in [0.29, 0.717) is 6.42 Å². The minimum Gasteiger partial charge on any atom is -0.369 e. The Kier molecular flexibility index (Phi) is 4.55. The van der Waals surface area contributed by atoms with Crippen LogP contribution < -0.4 is 0 Å². The maximum atomic E-state index is 13.4. The van der Waals surface area contributed by atoms with Gasteiger partial charge in [0.25, 0.3) is 0 Å². The molecule has 2 nitrogen and oxygen atoms in total. The van der Waals surface area contributed by atoms with E-state index in [1.807, 2.05) is 6.92 Å². The largest absolute Gasteiger partial charge is 0.369 e. The average molecular weight is 228 g/mol. The van der Waals surface area contributed by atoms with Crippen LogP contribution in [0.2, 0.25) is 0 Å². The number of hydrogen-bond acceptors (Lipinski definition) is 2. The van der Waals surface area contributed by atoms with Crippen molar-refractivity contribution in [2.24, 2.45) is 0 Å². The molecule has 0 aromatic heterocycles. The number of ether oxygens (including phenoxy) is 1. The molecule has 0 amide bonds. The molecular weight excluding hydrogens is 214 g/mol. The van der Waals surface area contributed by atoms with Crippen LogP contribution in [0.4, 0.5) is 8.78 Å². The molecule has 1 rings (SSSR count). The first-order valence-electron chi connectivity index (χ1n) is 5.10. The Morgan fingerprint density at radius 2 is 2.12 bits per heavy atom. The van der Waals surface area contributed by atoms with Crippen LogP contribution in [0.3, 0.4) is 0 Å². The Hall–Kier alpha value is -1.29. The number of halogens is 2. The lowest BCUT2D eigenvalue weighted by Crippen LogP contribution is -2.15. The number of Topliss-reactive ketones (excluding diaryl/α,β-unsaturated/α-hetero) is 1. The van der Waals surface area contributed by atoms with E-state index in [-0.39, 0.29) is 17.8 Å². The van der Waals surface area contributed by atoms with Gasteiger partial charge in [-0.2, -0.15) is 0 Å². The molecule has 0 aliphatic heterocycles. The summed E-state index contributed by atoms with van der Waals surface area (Å²) in [6, 6.07) is 3.00. The topological polar surface area (TPSA) is 26.3 Å². The normalized spacial score (nSPS) is 12.5. The van der Waals surface area contributed by atoms with Crippen LogP contribution in [0.1, 0.15) is 31.4 Å². The predicted molar refractivity (Wildman–Crippen MR) is 56.0 cm³/mol. The first-order chi connectivity index (χ1) is 7.60. The van der Waals surface area contributed by atoms with E-state index in [1.54, 1.807) is 0 Å². The second kappa shape index (κ2) is 5.70. The fraction of sp³-hybridized carbons (Fsp3) is 0.417. The highest BCUT2D eigenvalue weighted by Crippen LogP contribution is 2.23. The maximum absolute atomic E-state index is 13.4. The highest BCUT2D eigenvalue weighted by molar-refractivity contribution is 5.84. The zero-order valence-electron chi connectivity index (χ0n) is 9.30. The molecule has 1 aromatic rings. The van der Waals surface area contributed by atoms with Gasteiger partial charge in [0.1, 0.15) is 17.7 Å². The summed E-state index contributed by atoms with van der Waals surface area (Å²) in [5.74, 6) is -1.45. The third-order valence-corrected chi connectivity index (χ3v) is 2.27. The molecule has 16 heavy (non-hydrogen) atoms. The van der Waals surface area contributed by atoms with Crippen LogP contribution in [0, 0.1) is 11.6 Å². The molecule has 0 spiro atoms. The van der Waals surface area contributed by atoms with Crippen LogP contribution in [0.5, 0.6) is 0 Å². The second-order valence-corrected chi connectivity index (χ2v) is 3.50.